The lowest BCUT2D eigenvalue weighted by molar-refractivity contribution is -0.210. The second-order valence-corrected chi connectivity index (χ2v) is 9.28. The molecule has 2 aliphatic carbocycles. The van der Waals surface area contributed by atoms with Crippen LogP contribution >= 0.6 is 0 Å². The Morgan fingerprint density at radius 3 is 1.81 bits per heavy atom. The molecule has 0 aromatic heterocycles. The van der Waals surface area contributed by atoms with Crippen molar-refractivity contribution in [3.8, 4) is 0 Å². The van der Waals surface area contributed by atoms with E-state index in [1.165, 1.54) is 0 Å². The summed E-state index contributed by atoms with van der Waals surface area (Å²) in [4.78, 5) is 12.8. The molecule has 2 aliphatic heterocycles. The Kier molecular flexibility index (Phi) is 5.29. The average Bonchev–Trinajstić information content (AvgIpc) is 3.45. The molecule has 4 aliphatic rings. The van der Waals surface area contributed by atoms with Crippen LogP contribution in [0.25, 0.3) is 0 Å². The van der Waals surface area contributed by atoms with E-state index < -0.39 is 23.1 Å². The minimum absolute atomic E-state index is 0.207. The Hall–Kier alpha value is -0.690. The topological polar surface area (TPSA) is 63.2 Å². The first kappa shape index (κ1) is 19.6. The fraction of sp³-hybridized carbons (Fsp3) is 0.952. The van der Waals surface area contributed by atoms with Gasteiger partial charge in [-0.2, -0.15) is 0 Å². The van der Waals surface area contributed by atoms with Crippen molar-refractivity contribution in [1.29, 1.82) is 0 Å². The van der Waals surface area contributed by atoms with Crippen molar-refractivity contribution in [3.05, 3.63) is 0 Å². The van der Waals surface area contributed by atoms with E-state index in [4.69, 9.17) is 23.7 Å². The Morgan fingerprint density at radius 1 is 0.963 bits per heavy atom. The third-order valence-corrected chi connectivity index (χ3v) is 6.90. The van der Waals surface area contributed by atoms with Gasteiger partial charge in [-0.3, -0.25) is 4.79 Å². The van der Waals surface area contributed by atoms with Crippen LogP contribution in [0.4, 0.5) is 0 Å². The Balaban J connectivity index is 1.50. The van der Waals surface area contributed by atoms with Crippen molar-refractivity contribution in [2.75, 3.05) is 13.2 Å². The van der Waals surface area contributed by atoms with Crippen molar-refractivity contribution in [2.24, 2.45) is 5.41 Å². The Labute approximate surface area is 162 Å². The van der Waals surface area contributed by atoms with Crippen LogP contribution in [0.1, 0.15) is 78.6 Å². The van der Waals surface area contributed by atoms with Gasteiger partial charge in [0.05, 0.1) is 18.6 Å². The third-order valence-electron chi connectivity index (χ3n) is 6.90. The second kappa shape index (κ2) is 7.29. The normalized spacial score (nSPS) is 33.1. The molecule has 0 aromatic carbocycles. The predicted molar refractivity (Wildman–Crippen MR) is 98.0 cm³/mol. The maximum Gasteiger partial charge on any atom is 0.311 e. The van der Waals surface area contributed by atoms with Crippen LogP contribution in [-0.2, 0) is 28.5 Å². The highest BCUT2D eigenvalue weighted by atomic mass is 16.8. The second-order valence-electron chi connectivity index (χ2n) is 9.28. The zero-order valence-corrected chi connectivity index (χ0v) is 17.0. The van der Waals surface area contributed by atoms with Gasteiger partial charge in [0.25, 0.3) is 0 Å². The molecule has 27 heavy (non-hydrogen) atoms. The highest BCUT2D eigenvalue weighted by Gasteiger charge is 2.53. The molecule has 0 radical (unpaired) electrons. The fourth-order valence-electron chi connectivity index (χ4n) is 4.65. The fourth-order valence-corrected chi connectivity index (χ4v) is 4.65. The zero-order chi connectivity index (χ0) is 19.1. The first-order valence-electron chi connectivity index (χ1n) is 10.7. The highest BCUT2D eigenvalue weighted by molar-refractivity contribution is 5.76. The minimum atomic E-state index is -0.534. The quantitative estimate of drug-likeness (QED) is 0.676. The Bertz CT molecular complexity index is 513. The molecule has 4 fully saturated rings. The summed E-state index contributed by atoms with van der Waals surface area (Å²) >= 11 is 0. The molecule has 0 aromatic rings. The van der Waals surface area contributed by atoms with Gasteiger partial charge in [-0.1, -0.05) is 6.92 Å². The lowest BCUT2D eigenvalue weighted by atomic mass is 9.90. The lowest BCUT2D eigenvalue weighted by Crippen LogP contribution is -2.47. The van der Waals surface area contributed by atoms with Crippen LogP contribution in [0.2, 0.25) is 0 Å². The molecule has 154 valence electrons. The Morgan fingerprint density at radius 2 is 1.41 bits per heavy atom. The van der Waals surface area contributed by atoms with E-state index in [0.29, 0.717) is 13.2 Å². The zero-order valence-electron chi connectivity index (χ0n) is 17.0. The van der Waals surface area contributed by atoms with Gasteiger partial charge in [0.15, 0.2) is 17.7 Å². The maximum absolute atomic E-state index is 12.8. The SMILES string of the molecule is CCC(C)(C)C(=O)OC(C1COC2(CCCC2)O1)C1COC2(CCCC2)O1. The summed E-state index contributed by atoms with van der Waals surface area (Å²) in [6.45, 7) is 6.72. The van der Waals surface area contributed by atoms with Gasteiger partial charge < -0.3 is 23.7 Å². The molecule has 2 heterocycles. The van der Waals surface area contributed by atoms with Crippen LogP contribution in [0.3, 0.4) is 0 Å². The molecular formula is C21H34O6. The first-order valence-corrected chi connectivity index (χ1v) is 10.7. The molecule has 2 spiro atoms. The van der Waals surface area contributed by atoms with E-state index in [-0.39, 0.29) is 18.2 Å². The van der Waals surface area contributed by atoms with E-state index in [2.05, 4.69) is 0 Å². The highest BCUT2D eigenvalue weighted by Crippen LogP contribution is 2.44. The standard InChI is InChI=1S/C21H34O6/c1-4-19(2,3)18(22)25-17(15-13-23-20(26-15)9-5-6-10-20)16-14-24-21(27-16)11-7-8-12-21/h15-17H,4-14H2,1-3H3. The smallest absolute Gasteiger partial charge is 0.311 e. The number of hydrogen-bond acceptors (Lipinski definition) is 6. The molecule has 2 atom stereocenters. The molecule has 2 saturated carbocycles. The van der Waals surface area contributed by atoms with Crippen molar-refractivity contribution in [1.82, 2.24) is 0 Å². The number of esters is 1. The summed E-state index contributed by atoms with van der Waals surface area (Å²) in [5, 5.41) is 0. The van der Waals surface area contributed by atoms with Crippen molar-refractivity contribution < 1.29 is 28.5 Å². The van der Waals surface area contributed by atoms with Gasteiger partial charge in [-0.15, -0.1) is 0 Å². The van der Waals surface area contributed by atoms with Crippen molar-refractivity contribution in [3.63, 3.8) is 0 Å². The summed E-state index contributed by atoms with van der Waals surface area (Å²) in [5.41, 5.74) is -0.534. The van der Waals surface area contributed by atoms with Gasteiger partial charge in [-0.25, -0.2) is 0 Å². The average molecular weight is 382 g/mol. The van der Waals surface area contributed by atoms with E-state index in [9.17, 15) is 4.79 Å². The largest absolute Gasteiger partial charge is 0.456 e. The van der Waals surface area contributed by atoms with Crippen molar-refractivity contribution >= 4 is 5.97 Å². The summed E-state index contributed by atoms with van der Waals surface area (Å²) in [7, 11) is 0. The number of hydrogen-bond donors (Lipinski definition) is 0. The molecule has 0 bridgehead atoms. The number of carbonyl (C=O) groups is 1. The van der Waals surface area contributed by atoms with Gasteiger partial charge in [0.1, 0.15) is 12.2 Å². The minimum Gasteiger partial charge on any atom is -0.456 e. The molecule has 6 nitrogen and oxygen atoms in total. The van der Waals surface area contributed by atoms with Gasteiger partial charge in [0, 0.05) is 25.7 Å². The molecule has 6 heteroatoms. The van der Waals surface area contributed by atoms with Crippen molar-refractivity contribution in [2.45, 2.75) is 108 Å². The monoisotopic (exact) mass is 382 g/mol. The van der Waals surface area contributed by atoms with Gasteiger partial charge in [-0.05, 0) is 46.0 Å². The first-order chi connectivity index (χ1) is 12.9. The summed E-state index contributed by atoms with van der Waals surface area (Å²) < 4.78 is 30.8. The van der Waals surface area contributed by atoms with Gasteiger partial charge in [0.2, 0.25) is 0 Å². The molecule has 4 rings (SSSR count). The van der Waals surface area contributed by atoms with E-state index in [0.717, 1.165) is 57.8 Å². The van der Waals surface area contributed by atoms with Crippen LogP contribution in [0.5, 0.6) is 0 Å². The number of rotatable bonds is 5. The molecule has 0 N–H and O–H groups in total. The number of ether oxygens (including phenoxy) is 5. The third kappa shape index (κ3) is 3.78. The van der Waals surface area contributed by atoms with Crippen LogP contribution in [-0.4, -0.2) is 49.1 Å². The summed E-state index contributed by atoms with van der Waals surface area (Å²) in [6, 6.07) is 0. The van der Waals surface area contributed by atoms with E-state index >= 15 is 0 Å². The van der Waals surface area contributed by atoms with Crippen LogP contribution in [0.15, 0.2) is 0 Å². The molecule has 2 saturated heterocycles. The van der Waals surface area contributed by atoms with Crippen LogP contribution in [0, 0.1) is 5.41 Å². The molecule has 0 amide bonds. The van der Waals surface area contributed by atoms with E-state index in [1.807, 2.05) is 20.8 Å². The van der Waals surface area contributed by atoms with E-state index in [1.54, 1.807) is 0 Å². The lowest BCUT2D eigenvalue weighted by Gasteiger charge is -2.32. The summed E-state index contributed by atoms with van der Waals surface area (Å²) in [6.07, 6.45) is 7.74. The molecular weight excluding hydrogens is 348 g/mol. The number of carbonyl (C=O) groups excluding carboxylic acids is 1. The van der Waals surface area contributed by atoms with Gasteiger partial charge >= 0.3 is 5.97 Å². The maximum atomic E-state index is 12.8. The summed E-state index contributed by atoms with van der Waals surface area (Å²) in [5.74, 6) is -1.18. The predicted octanol–water partition coefficient (Wildman–Crippen LogP) is 3.71. The molecule has 2 unspecified atom stereocenters. The van der Waals surface area contributed by atoms with Crippen LogP contribution < -0.4 is 0 Å².